The highest BCUT2D eigenvalue weighted by Crippen LogP contribution is 2.10. The van der Waals surface area contributed by atoms with Crippen molar-refractivity contribution in [3.63, 3.8) is 0 Å². The molecule has 0 aromatic carbocycles. The highest BCUT2D eigenvalue weighted by Gasteiger charge is 2.11. The molecule has 0 N–H and O–H groups in total. The fraction of sp³-hybridized carbons (Fsp3) is 0.625. The van der Waals surface area contributed by atoms with Gasteiger partial charge in [0.1, 0.15) is 6.61 Å². The van der Waals surface area contributed by atoms with Crippen LogP contribution in [0.5, 0.6) is 0 Å². The van der Waals surface area contributed by atoms with E-state index < -0.39 is 4.92 Å². The minimum atomic E-state index is -0.443. The molecule has 0 radical (unpaired) electrons. The van der Waals surface area contributed by atoms with Gasteiger partial charge in [-0.25, -0.2) is 0 Å². The van der Waals surface area contributed by atoms with Crippen molar-refractivity contribution in [3.05, 3.63) is 45.9 Å². The van der Waals surface area contributed by atoms with Gasteiger partial charge in [0.05, 0.1) is 4.92 Å². The number of allylic oxidation sites excluding steroid dienone is 4. The molecule has 0 bridgehead atoms. The Bertz CT molecular complexity index is 374. The summed E-state index contributed by atoms with van der Waals surface area (Å²) in [5.41, 5.74) is 0.824. The second-order valence-corrected chi connectivity index (χ2v) is 4.84. The molecule has 5 heteroatoms. The fourth-order valence-corrected chi connectivity index (χ4v) is 1.05. The lowest BCUT2D eigenvalue weighted by molar-refractivity contribution is -0.427. The van der Waals surface area contributed by atoms with Crippen molar-refractivity contribution in [2.24, 2.45) is 0 Å². The van der Waals surface area contributed by atoms with Gasteiger partial charge in [-0.2, -0.15) is 0 Å². The Balaban J connectivity index is 0. The number of nitro groups is 1. The Labute approximate surface area is 129 Å². The number of hydrogen-bond acceptors (Lipinski definition) is 4. The largest absolute Gasteiger partial charge is 0.486 e. The second-order valence-electron chi connectivity index (χ2n) is 4.84. The van der Waals surface area contributed by atoms with Gasteiger partial charge in [0.2, 0.25) is 0 Å². The summed E-state index contributed by atoms with van der Waals surface area (Å²) < 4.78 is 5.46. The van der Waals surface area contributed by atoms with E-state index in [1.54, 1.807) is 12.2 Å². The van der Waals surface area contributed by atoms with Crippen molar-refractivity contribution in [3.8, 4) is 0 Å². The molecule has 0 aliphatic rings. The quantitative estimate of drug-likeness (QED) is 0.294. The summed E-state index contributed by atoms with van der Waals surface area (Å²) in [6, 6.07) is 0. The van der Waals surface area contributed by atoms with Crippen LogP contribution in [0.25, 0.3) is 0 Å². The molecule has 0 spiro atoms. The van der Waals surface area contributed by atoms with E-state index in [-0.39, 0.29) is 11.5 Å². The van der Waals surface area contributed by atoms with Crippen molar-refractivity contribution in [2.75, 3.05) is 26.7 Å². The zero-order valence-corrected chi connectivity index (χ0v) is 14.3. The minimum Gasteiger partial charge on any atom is -0.486 e. The molecule has 0 atom stereocenters. The predicted octanol–water partition coefficient (Wildman–Crippen LogP) is 4.01. The van der Waals surface area contributed by atoms with Gasteiger partial charge in [0.15, 0.2) is 5.76 Å². The number of ether oxygens (including phenoxy) is 1. The smallest absolute Gasteiger partial charge is 0.284 e. The molecule has 0 unspecified atom stereocenters. The first-order chi connectivity index (χ1) is 9.79. The molecule has 5 nitrogen and oxygen atoms in total. The Morgan fingerprint density at radius 3 is 2.19 bits per heavy atom. The lowest BCUT2D eigenvalue weighted by Crippen LogP contribution is -2.22. The first-order valence-electron chi connectivity index (χ1n) is 7.30. The van der Waals surface area contributed by atoms with Gasteiger partial charge in [-0.15, -0.1) is 0 Å². The molecule has 21 heavy (non-hydrogen) atoms. The van der Waals surface area contributed by atoms with Crippen molar-refractivity contribution in [2.45, 2.75) is 41.0 Å². The van der Waals surface area contributed by atoms with Gasteiger partial charge in [-0.3, -0.25) is 10.1 Å². The summed E-state index contributed by atoms with van der Waals surface area (Å²) in [5, 5.41) is 10.7. The highest BCUT2D eigenvalue weighted by atomic mass is 16.6. The molecule has 0 aromatic heterocycles. The summed E-state index contributed by atoms with van der Waals surface area (Å²) in [6.45, 7) is 15.3. The minimum absolute atomic E-state index is 0.00616. The third-order valence-corrected chi connectivity index (χ3v) is 2.42. The fourth-order valence-electron chi connectivity index (χ4n) is 1.05. The van der Waals surface area contributed by atoms with E-state index in [4.69, 9.17) is 4.74 Å². The van der Waals surface area contributed by atoms with E-state index in [2.05, 4.69) is 25.3 Å². The topological polar surface area (TPSA) is 55.6 Å². The molecule has 0 saturated carbocycles. The molecular weight excluding hydrogens is 268 g/mol. The average molecular weight is 298 g/mol. The summed E-state index contributed by atoms with van der Waals surface area (Å²) >= 11 is 0. The van der Waals surface area contributed by atoms with Gasteiger partial charge in [-0.1, -0.05) is 45.4 Å². The molecular formula is C16H30N2O3. The van der Waals surface area contributed by atoms with Gasteiger partial charge in [0, 0.05) is 13.5 Å². The van der Waals surface area contributed by atoms with E-state index in [9.17, 15) is 10.1 Å². The molecule has 122 valence electrons. The molecule has 0 amide bonds. The third kappa shape index (κ3) is 13.1. The normalized spacial score (nSPS) is 11.8. The maximum absolute atomic E-state index is 10.7. The zero-order chi connectivity index (χ0) is 16.8. The molecule has 0 aromatic rings. The number of likely N-dealkylation sites (N-methyl/N-ethyl adjacent to an activating group) is 1. The van der Waals surface area contributed by atoms with Crippen LogP contribution in [-0.2, 0) is 4.74 Å². The maximum Gasteiger partial charge on any atom is 0.284 e. The molecule has 0 saturated heterocycles. The van der Waals surface area contributed by atoms with Crippen molar-refractivity contribution in [1.29, 1.82) is 0 Å². The van der Waals surface area contributed by atoms with Crippen LogP contribution >= 0.6 is 0 Å². The van der Waals surface area contributed by atoms with Crippen LogP contribution < -0.4 is 0 Å². The lowest BCUT2D eigenvalue weighted by atomic mass is 10.3. The van der Waals surface area contributed by atoms with Crippen LogP contribution in [0.15, 0.2) is 35.8 Å². The molecule has 0 fully saturated rings. The van der Waals surface area contributed by atoms with Gasteiger partial charge < -0.3 is 9.64 Å². The molecule has 0 aliphatic heterocycles. The molecule has 0 rings (SSSR count). The Morgan fingerprint density at radius 2 is 1.81 bits per heavy atom. The summed E-state index contributed by atoms with van der Waals surface area (Å²) in [6.07, 6.45) is 4.54. The van der Waals surface area contributed by atoms with Crippen LogP contribution in [0.3, 0.4) is 0 Å². The summed E-state index contributed by atoms with van der Waals surface area (Å²) in [5.74, 6) is 0.285. The van der Waals surface area contributed by atoms with E-state index in [1.807, 2.05) is 20.9 Å². The van der Waals surface area contributed by atoms with Crippen LogP contribution in [0.4, 0.5) is 0 Å². The third-order valence-electron chi connectivity index (χ3n) is 2.42. The summed E-state index contributed by atoms with van der Waals surface area (Å²) in [7, 11) is 1.97. The van der Waals surface area contributed by atoms with Gasteiger partial charge in [0.25, 0.3) is 5.70 Å². The molecule has 0 heterocycles. The van der Waals surface area contributed by atoms with Crippen molar-refractivity contribution < 1.29 is 9.66 Å². The zero-order valence-electron chi connectivity index (χ0n) is 14.3. The Hall–Kier alpha value is -1.62. The second kappa shape index (κ2) is 13.4. The SMILES string of the molecule is C=C(C)/C=C\C(OCCN(C)CC)=C(/C)[N+](=O)[O-].CCC. The number of rotatable bonds is 8. The molecule has 0 aliphatic carbocycles. The van der Waals surface area contributed by atoms with E-state index >= 15 is 0 Å². The maximum atomic E-state index is 10.7. The average Bonchev–Trinajstić information content (AvgIpc) is 2.41. The first kappa shape index (κ1) is 21.7. The van der Waals surface area contributed by atoms with Crippen LogP contribution in [-0.4, -0.2) is 36.6 Å². The van der Waals surface area contributed by atoms with Crippen molar-refractivity contribution in [1.82, 2.24) is 4.90 Å². The van der Waals surface area contributed by atoms with E-state index in [0.717, 1.165) is 18.7 Å². The first-order valence-corrected chi connectivity index (χ1v) is 7.30. The number of nitrogens with zero attached hydrogens (tertiary/aromatic N) is 2. The Kier molecular flexibility index (Phi) is 13.8. The number of hydrogen-bond donors (Lipinski definition) is 0. The monoisotopic (exact) mass is 298 g/mol. The van der Waals surface area contributed by atoms with Crippen LogP contribution in [0, 0.1) is 10.1 Å². The Morgan fingerprint density at radius 1 is 1.29 bits per heavy atom. The van der Waals surface area contributed by atoms with Gasteiger partial charge >= 0.3 is 0 Å². The lowest BCUT2D eigenvalue weighted by Gasteiger charge is -2.14. The highest BCUT2D eigenvalue weighted by molar-refractivity contribution is 5.22. The van der Waals surface area contributed by atoms with E-state index in [0.29, 0.717) is 6.61 Å². The van der Waals surface area contributed by atoms with Crippen LogP contribution in [0.1, 0.15) is 41.0 Å². The van der Waals surface area contributed by atoms with Gasteiger partial charge in [-0.05, 0) is 26.6 Å². The predicted molar refractivity (Wildman–Crippen MR) is 88.7 cm³/mol. The van der Waals surface area contributed by atoms with Crippen molar-refractivity contribution >= 4 is 0 Å². The standard InChI is InChI=1S/C13H22N2O3.C3H8/c1-6-14(5)9-10-18-13(8-7-11(2)3)12(4)15(16)17;1-3-2/h7-8H,2,6,9-10H2,1,3-5H3;3H2,1-2H3/b8-7-,13-12-;. The van der Waals surface area contributed by atoms with Crippen LogP contribution in [0.2, 0.25) is 0 Å². The van der Waals surface area contributed by atoms with E-state index in [1.165, 1.54) is 13.3 Å². The summed E-state index contributed by atoms with van der Waals surface area (Å²) in [4.78, 5) is 12.4.